The molecule has 1 aliphatic rings. The molecule has 0 bridgehead atoms. The van der Waals surface area contributed by atoms with Gasteiger partial charge in [-0.1, -0.05) is 18.2 Å². The fourth-order valence-electron chi connectivity index (χ4n) is 3.34. The first kappa shape index (κ1) is 20.3. The summed E-state index contributed by atoms with van der Waals surface area (Å²) in [7, 11) is 0. The number of pyridine rings is 2. The zero-order chi connectivity index (χ0) is 20.1. The van der Waals surface area contributed by atoms with Gasteiger partial charge in [0.1, 0.15) is 23.6 Å². The topological polar surface area (TPSA) is 78.2 Å². The molecule has 148 valence electrons. The highest BCUT2D eigenvalue weighted by Crippen LogP contribution is 2.19. The van der Waals surface area contributed by atoms with Crippen molar-refractivity contribution in [2.75, 3.05) is 26.2 Å². The van der Waals surface area contributed by atoms with E-state index in [0.717, 1.165) is 60.5 Å². The Balaban J connectivity index is 1.62. The highest BCUT2D eigenvalue weighted by molar-refractivity contribution is 6.29. The van der Waals surface area contributed by atoms with Gasteiger partial charge in [0.2, 0.25) is 0 Å². The molecular weight excluding hydrogens is 374 g/mol. The van der Waals surface area contributed by atoms with Gasteiger partial charge < -0.3 is 10.5 Å². The van der Waals surface area contributed by atoms with Gasteiger partial charge in [-0.3, -0.25) is 9.88 Å². The number of nitrogens with zero attached hydrogens (tertiary/aromatic N) is 3. The van der Waals surface area contributed by atoms with Crippen LogP contribution in [0, 0.1) is 0 Å². The number of rotatable bonds is 6. The van der Waals surface area contributed by atoms with Gasteiger partial charge in [-0.15, -0.1) is 0 Å². The molecule has 2 aromatic rings. The summed E-state index contributed by atoms with van der Waals surface area (Å²) >= 11 is 6.00. The number of hydrogen-bond donors (Lipinski definition) is 2. The van der Waals surface area contributed by atoms with E-state index in [2.05, 4.69) is 33.4 Å². The fourth-order valence-corrected chi connectivity index (χ4v) is 3.49. The van der Waals surface area contributed by atoms with Crippen molar-refractivity contribution in [3.05, 3.63) is 53.1 Å². The third-order valence-electron chi connectivity index (χ3n) is 4.56. The number of allylic oxidation sites excluding steroid dienone is 2. The quantitative estimate of drug-likeness (QED) is 0.439. The molecule has 1 atom stereocenters. The van der Waals surface area contributed by atoms with Crippen molar-refractivity contribution < 1.29 is 9.73 Å². The lowest BCUT2D eigenvalue weighted by molar-refractivity contribution is -0.451. The van der Waals surface area contributed by atoms with Crippen LogP contribution >= 0.6 is 11.6 Å². The Bertz CT molecular complexity index is 920. The van der Waals surface area contributed by atoms with E-state index in [4.69, 9.17) is 22.1 Å². The average molecular weight is 401 g/mol. The van der Waals surface area contributed by atoms with Crippen molar-refractivity contribution in [1.82, 2.24) is 14.9 Å². The maximum absolute atomic E-state index is 6.11. The average Bonchev–Trinajstić information content (AvgIpc) is 2.63. The summed E-state index contributed by atoms with van der Waals surface area (Å²) in [4.78, 5) is 14.5. The van der Waals surface area contributed by atoms with Gasteiger partial charge in [-0.2, -0.15) is 0 Å². The Hall–Kier alpha value is -2.44. The fraction of sp³-hybridized carbons (Fsp3) is 0.381. The first-order valence-electron chi connectivity index (χ1n) is 9.45. The second kappa shape index (κ2) is 9.17. The third kappa shape index (κ3) is 5.30. The minimum absolute atomic E-state index is 0.206. The number of halogens is 1. The van der Waals surface area contributed by atoms with Crippen LogP contribution in [0.3, 0.4) is 0 Å². The Morgan fingerprint density at radius 2 is 2.29 bits per heavy atom. The van der Waals surface area contributed by atoms with Crippen LogP contribution < -0.4 is 10.7 Å². The van der Waals surface area contributed by atoms with Gasteiger partial charge in [0.25, 0.3) is 0 Å². The van der Waals surface area contributed by atoms with Crippen molar-refractivity contribution >= 4 is 34.4 Å². The highest BCUT2D eigenvalue weighted by Gasteiger charge is 2.19. The van der Waals surface area contributed by atoms with E-state index in [1.807, 2.05) is 31.5 Å². The number of aromatic nitrogens is 2. The van der Waals surface area contributed by atoms with E-state index in [9.17, 15) is 0 Å². The molecule has 0 unspecified atom stereocenters. The van der Waals surface area contributed by atoms with Crippen LogP contribution in [0.15, 0.2) is 42.4 Å². The number of nitrogens with one attached hydrogen (secondary N) is 1. The van der Waals surface area contributed by atoms with Gasteiger partial charge in [0.15, 0.2) is 6.21 Å². The predicted molar refractivity (Wildman–Crippen MR) is 114 cm³/mol. The molecule has 3 rings (SSSR count). The molecule has 0 saturated carbocycles. The highest BCUT2D eigenvalue weighted by atomic mass is 35.5. The SMILES string of the molecule is C=C1CN(CCC[NH+]=CC(=C(C)N)c2cnc3ccc(Cl)nc3c2)C[C@H](C)O1. The molecule has 7 heteroatoms. The minimum Gasteiger partial charge on any atom is -0.493 e. The van der Waals surface area contributed by atoms with Crippen molar-refractivity contribution in [2.24, 2.45) is 5.73 Å². The Morgan fingerprint density at radius 1 is 1.46 bits per heavy atom. The van der Waals surface area contributed by atoms with Crippen molar-refractivity contribution in [3.63, 3.8) is 0 Å². The third-order valence-corrected chi connectivity index (χ3v) is 4.77. The number of morpholine rings is 1. The van der Waals surface area contributed by atoms with Crippen LogP contribution in [-0.2, 0) is 4.74 Å². The number of ether oxygens (including phenoxy) is 1. The number of nitrogens with two attached hydrogens (primary N) is 1. The zero-order valence-corrected chi connectivity index (χ0v) is 17.2. The summed E-state index contributed by atoms with van der Waals surface area (Å²) in [6.45, 7) is 11.5. The molecule has 1 saturated heterocycles. The molecule has 0 amide bonds. The molecule has 0 spiro atoms. The molecular formula is C21H27ClN5O+. The maximum atomic E-state index is 6.11. The molecule has 0 aromatic carbocycles. The Morgan fingerprint density at radius 3 is 3.04 bits per heavy atom. The van der Waals surface area contributed by atoms with Crippen LogP contribution in [0.5, 0.6) is 0 Å². The van der Waals surface area contributed by atoms with Crippen LogP contribution in [0.4, 0.5) is 0 Å². The zero-order valence-electron chi connectivity index (χ0n) is 16.4. The van der Waals surface area contributed by atoms with Crippen molar-refractivity contribution in [1.29, 1.82) is 0 Å². The number of hydrogen-bond acceptors (Lipinski definition) is 5. The molecule has 3 N–H and O–H groups in total. The lowest BCUT2D eigenvalue weighted by Gasteiger charge is -2.32. The summed E-state index contributed by atoms with van der Waals surface area (Å²) in [5.74, 6) is 0.847. The molecule has 1 fully saturated rings. The van der Waals surface area contributed by atoms with Crippen LogP contribution in [0.25, 0.3) is 16.6 Å². The van der Waals surface area contributed by atoms with Crippen LogP contribution in [0.1, 0.15) is 25.8 Å². The van der Waals surface area contributed by atoms with Crippen molar-refractivity contribution in [2.45, 2.75) is 26.4 Å². The second-order valence-corrected chi connectivity index (χ2v) is 7.53. The molecule has 3 heterocycles. The molecule has 28 heavy (non-hydrogen) atoms. The number of fused-ring (bicyclic) bond motifs is 1. The molecule has 1 aliphatic heterocycles. The normalized spacial score (nSPS) is 19.1. The van der Waals surface area contributed by atoms with Crippen LogP contribution in [0.2, 0.25) is 5.15 Å². The van der Waals surface area contributed by atoms with E-state index in [1.165, 1.54) is 0 Å². The van der Waals surface area contributed by atoms with E-state index < -0.39 is 0 Å². The van der Waals surface area contributed by atoms with E-state index in [1.54, 1.807) is 6.07 Å². The lowest BCUT2D eigenvalue weighted by Crippen LogP contribution is -2.69. The monoisotopic (exact) mass is 400 g/mol. The predicted octanol–water partition coefficient (Wildman–Crippen LogP) is 1.75. The van der Waals surface area contributed by atoms with E-state index in [0.29, 0.717) is 10.9 Å². The second-order valence-electron chi connectivity index (χ2n) is 7.15. The van der Waals surface area contributed by atoms with Crippen LogP contribution in [-0.4, -0.2) is 53.4 Å². The molecule has 2 aromatic heterocycles. The summed E-state index contributed by atoms with van der Waals surface area (Å²) in [5, 5.41) is 0.448. The molecule has 6 nitrogen and oxygen atoms in total. The Kier molecular flexibility index (Phi) is 6.65. The molecule has 0 aliphatic carbocycles. The minimum atomic E-state index is 0.206. The Labute approximate surface area is 170 Å². The first-order chi connectivity index (χ1) is 13.4. The summed E-state index contributed by atoms with van der Waals surface area (Å²) < 4.78 is 5.59. The summed E-state index contributed by atoms with van der Waals surface area (Å²) in [5.41, 5.74) is 10.2. The van der Waals surface area contributed by atoms with E-state index in [-0.39, 0.29) is 6.10 Å². The van der Waals surface area contributed by atoms with Gasteiger partial charge >= 0.3 is 0 Å². The van der Waals surface area contributed by atoms with E-state index >= 15 is 0 Å². The standard InChI is InChI=1S/C21H26ClN5O/c1-14-12-27(13-15(2)28-14)8-4-7-24-11-18(16(3)23)17-9-20-19(25-10-17)5-6-21(22)26-20/h5-6,9-11,15H,1,4,7-8,12-13,23H2,2-3H3/p+1/t15-/m0/s1. The largest absolute Gasteiger partial charge is 0.493 e. The van der Waals surface area contributed by atoms with Gasteiger partial charge in [-0.05, 0) is 32.0 Å². The van der Waals surface area contributed by atoms with Crippen molar-refractivity contribution in [3.8, 4) is 0 Å². The smallest absolute Gasteiger partial charge is 0.171 e. The van der Waals surface area contributed by atoms with Gasteiger partial charge in [0, 0.05) is 37.0 Å². The summed E-state index contributed by atoms with van der Waals surface area (Å²) in [6.07, 6.45) is 4.98. The first-order valence-corrected chi connectivity index (χ1v) is 9.82. The molecule has 0 radical (unpaired) electrons. The summed E-state index contributed by atoms with van der Waals surface area (Å²) in [6, 6.07) is 5.55. The van der Waals surface area contributed by atoms with Gasteiger partial charge in [0.05, 0.1) is 23.2 Å². The maximum Gasteiger partial charge on any atom is 0.171 e. The lowest BCUT2D eigenvalue weighted by atomic mass is 10.1. The van der Waals surface area contributed by atoms with Gasteiger partial charge in [-0.25, -0.2) is 9.98 Å².